The maximum atomic E-state index is 6.58. The van der Waals surface area contributed by atoms with Crippen molar-refractivity contribution in [2.24, 2.45) is 0 Å². The van der Waals surface area contributed by atoms with E-state index in [1.807, 2.05) is 0 Å². The van der Waals surface area contributed by atoms with Crippen LogP contribution in [0.5, 0.6) is 0 Å². The number of nitrogens with zero attached hydrogens (tertiary/aromatic N) is 1. The van der Waals surface area contributed by atoms with E-state index in [1.165, 1.54) is 60.1 Å². The molecule has 0 atom stereocenters. The van der Waals surface area contributed by atoms with Crippen molar-refractivity contribution in [3.63, 3.8) is 0 Å². The lowest BCUT2D eigenvalue weighted by Crippen LogP contribution is -2.10. The fourth-order valence-electron chi connectivity index (χ4n) is 8.52. The SMILES string of the molecule is c1ccc(-c2ccc(N(c3cccc(-c4cccc(-c5cc6ccccc6c6ccccc56)c4)c3)c3cccc4oc5cc6ccccc6cc5c34)cc2)cc1. The third-order valence-corrected chi connectivity index (χ3v) is 11.2. The van der Waals surface area contributed by atoms with Crippen LogP contribution in [0.4, 0.5) is 17.1 Å². The molecule has 0 saturated heterocycles. The van der Waals surface area contributed by atoms with Crippen molar-refractivity contribution in [3.8, 4) is 33.4 Å². The Morgan fingerprint density at radius 2 is 0.911 bits per heavy atom. The number of furan rings is 1. The number of fused-ring (bicyclic) bond motifs is 7. The summed E-state index contributed by atoms with van der Waals surface area (Å²) in [6.45, 7) is 0. The highest BCUT2D eigenvalue weighted by Crippen LogP contribution is 2.45. The van der Waals surface area contributed by atoms with Crippen molar-refractivity contribution in [3.05, 3.63) is 212 Å². The van der Waals surface area contributed by atoms with Gasteiger partial charge in [-0.05, 0) is 126 Å². The van der Waals surface area contributed by atoms with Crippen LogP contribution < -0.4 is 4.90 Å². The lowest BCUT2D eigenvalue weighted by molar-refractivity contribution is 0.669. The average molecular weight is 714 g/mol. The van der Waals surface area contributed by atoms with E-state index in [1.54, 1.807) is 0 Å². The monoisotopic (exact) mass is 713 g/mol. The molecule has 1 heterocycles. The maximum Gasteiger partial charge on any atom is 0.137 e. The van der Waals surface area contributed by atoms with E-state index < -0.39 is 0 Å². The summed E-state index contributed by atoms with van der Waals surface area (Å²) in [7, 11) is 0. The Kier molecular flexibility index (Phi) is 7.53. The first kappa shape index (κ1) is 32.0. The third kappa shape index (κ3) is 5.42. The van der Waals surface area contributed by atoms with Gasteiger partial charge in [-0.15, -0.1) is 0 Å². The molecule has 0 fully saturated rings. The van der Waals surface area contributed by atoms with Crippen molar-refractivity contribution < 1.29 is 4.42 Å². The molecule has 10 aromatic carbocycles. The highest BCUT2D eigenvalue weighted by molar-refractivity contribution is 6.17. The van der Waals surface area contributed by atoms with Crippen molar-refractivity contribution in [1.29, 1.82) is 0 Å². The minimum absolute atomic E-state index is 0.866. The first-order valence-electron chi connectivity index (χ1n) is 19.2. The van der Waals surface area contributed by atoms with Crippen LogP contribution in [0.15, 0.2) is 217 Å². The molecule has 0 bridgehead atoms. The standard InChI is InChI=1S/C54H35NO/c1-2-13-36(14-3-1)37-27-29-44(30-28-37)55(51-25-12-26-52-54(51)50-33-40-15-4-5-16-41(40)35-53(50)56-52)45-21-11-19-39(32-45)38-18-10-20-42(31-38)49-34-43-17-6-7-22-46(43)47-23-8-9-24-48(47)49/h1-35H. The van der Waals surface area contributed by atoms with Gasteiger partial charge in [0, 0.05) is 16.8 Å². The summed E-state index contributed by atoms with van der Waals surface area (Å²) in [5.74, 6) is 0. The number of rotatable bonds is 6. The lowest BCUT2D eigenvalue weighted by Gasteiger charge is -2.27. The summed E-state index contributed by atoms with van der Waals surface area (Å²) < 4.78 is 6.58. The van der Waals surface area contributed by atoms with Gasteiger partial charge in [0.05, 0.1) is 11.1 Å². The quantitative estimate of drug-likeness (QED) is 0.160. The lowest BCUT2D eigenvalue weighted by atomic mass is 9.92. The van der Waals surface area contributed by atoms with Crippen LogP contribution in [0.1, 0.15) is 0 Å². The van der Waals surface area contributed by atoms with Gasteiger partial charge in [0.2, 0.25) is 0 Å². The Hall–Kier alpha value is -7.42. The molecule has 0 saturated carbocycles. The summed E-state index contributed by atoms with van der Waals surface area (Å²) in [5, 5.41) is 9.62. The van der Waals surface area contributed by atoms with Crippen molar-refractivity contribution in [2.45, 2.75) is 0 Å². The minimum Gasteiger partial charge on any atom is -0.456 e. The van der Waals surface area contributed by atoms with Crippen LogP contribution in [-0.4, -0.2) is 0 Å². The third-order valence-electron chi connectivity index (χ3n) is 11.2. The van der Waals surface area contributed by atoms with E-state index in [-0.39, 0.29) is 0 Å². The molecule has 1 aromatic heterocycles. The number of benzene rings is 10. The highest BCUT2D eigenvalue weighted by Gasteiger charge is 2.21. The van der Waals surface area contributed by atoms with E-state index in [0.717, 1.165) is 44.6 Å². The molecule has 0 radical (unpaired) electrons. The first-order valence-corrected chi connectivity index (χ1v) is 19.2. The molecule has 0 spiro atoms. The molecular formula is C54H35NO. The molecule has 0 N–H and O–H groups in total. The van der Waals surface area contributed by atoms with Crippen LogP contribution in [0.2, 0.25) is 0 Å². The average Bonchev–Trinajstić information content (AvgIpc) is 3.64. The smallest absolute Gasteiger partial charge is 0.137 e. The number of hydrogen-bond acceptors (Lipinski definition) is 2. The van der Waals surface area contributed by atoms with Crippen molar-refractivity contribution in [2.75, 3.05) is 4.90 Å². The zero-order chi connectivity index (χ0) is 37.0. The highest BCUT2D eigenvalue weighted by atomic mass is 16.3. The Bertz CT molecular complexity index is 3250. The van der Waals surface area contributed by atoms with Gasteiger partial charge < -0.3 is 9.32 Å². The zero-order valence-electron chi connectivity index (χ0n) is 30.6. The molecule has 11 rings (SSSR count). The van der Waals surface area contributed by atoms with E-state index in [4.69, 9.17) is 4.42 Å². The van der Waals surface area contributed by atoms with E-state index in [0.29, 0.717) is 0 Å². The first-order chi connectivity index (χ1) is 27.7. The second-order valence-electron chi connectivity index (χ2n) is 14.5. The van der Waals surface area contributed by atoms with Gasteiger partial charge in [0.25, 0.3) is 0 Å². The van der Waals surface area contributed by atoms with Crippen molar-refractivity contribution in [1.82, 2.24) is 0 Å². The Morgan fingerprint density at radius 3 is 1.73 bits per heavy atom. The summed E-state index contributed by atoms with van der Waals surface area (Å²) in [5.41, 5.74) is 12.1. The normalized spacial score (nSPS) is 11.6. The molecule has 0 aliphatic heterocycles. The maximum absolute atomic E-state index is 6.58. The van der Waals surface area contributed by atoms with Crippen LogP contribution in [0.25, 0.3) is 87.6 Å². The largest absolute Gasteiger partial charge is 0.456 e. The number of hydrogen-bond donors (Lipinski definition) is 0. The molecule has 0 unspecified atom stereocenters. The zero-order valence-corrected chi connectivity index (χ0v) is 30.6. The molecule has 11 aromatic rings. The van der Waals surface area contributed by atoms with Crippen molar-refractivity contribution >= 4 is 71.3 Å². The van der Waals surface area contributed by atoms with Crippen LogP contribution in [0, 0.1) is 0 Å². The summed E-state index contributed by atoms with van der Waals surface area (Å²) >= 11 is 0. The van der Waals surface area contributed by atoms with E-state index in [9.17, 15) is 0 Å². The summed E-state index contributed by atoms with van der Waals surface area (Å²) in [4.78, 5) is 2.38. The van der Waals surface area contributed by atoms with E-state index >= 15 is 0 Å². The molecule has 262 valence electrons. The molecule has 0 aliphatic rings. The number of anilines is 3. The summed E-state index contributed by atoms with van der Waals surface area (Å²) in [6, 6.07) is 76.5. The van der Waals surface area contributed by atoms with Gasteiger partial charge >= 0.3 is 0 Å². The second-order valence-corrected chi connectivity index (χ2v) is 14.5. The fourth-order valence-corrected chi connectivity index (χ4v) is 8.52. The topological polar surface area (TPSA) is 16.4 Å². The van der Waals surface area contributed by atoms with Gasteiger partial charge in [-0.25, -0.2) is 0 Å². The summed E-state index contributed by atoms with van der Waals surface area (Å²) in [6.07, 6.45) is 0. The van der Waals surface area contributed by atoms with Gasteiger partial charge in [-0.1, -0.05) is 152 Å². The van der Waals surface area contributed by atoms with Gasteiger partial charge in [0.1, 0.15) is 11.2 Å². The Morgan fingerprint density at radius 1 is 0.304 bits per heavy atom. The molecule has 2 nitrogen and oxygen atoms in total. The van der Waals surface area contributed by atoms with Crippen LogP contribution in [0.3, 0.4) is 0 Å². The predicted octanol–water partition coefficient (Wildman–Crippen LogP) is 15.5. The molecule has 2 heteroatoms. The molecule has 56 heavy (non-hydrogen) atoms. The molecular weight excluding hydrogens is 679 g/mol. The second kappa shape index (κ2) is 13.2. The van der Waals surface area contributed by atoms with Gasteiger partial charge in [0.15, 0.2) is 0 Å². The molecule has 0 amide bonds. The Balaban J connectivity index is 1.08. The van der Waals surface area contributed by atoms with Crippen LogP contribution >= 0.6 is 0 Å². The van der Waals surface area contributed by atoms with Crippen LogP contribution in [-0.2, 0) is 0 Å². The Labute approximate surface area is 325 Å². The predicted molar refractivity (Wildman–Crippen MR) is 237 cm³/mol. The van der Waals surface area contributed by atoms with Gasteiger partial charge in [-0.3, -0.25) is 0 Å². The van der Waals surface area contributed by atoms with Gasteiger partial charge in [-0.2, -0.15) is 0 Å². The van der Waals surface area contributed by atoms with E-state index in [2.05, 4.69) is 217 Å². The molecule has 0 aliphatic carbocycles. The fraction of sp³-hybridized carbons (Fsp3) is 0. The minimum atomic E-state index is 0.866.